The van der Waals surface area contributed by atoms with Gasteiger partial charge in [-0.3, -0.25) is 4.79 Å². The number of Topliss-reactive ketones (excluding diaryl/α,β-unsaturated/α-hetero) is 1. The zero-order chi connectivity index (χ0) is 16.2. The van der Waals surface area contributed by atoms with E-state index in [1.165, 1.54) is 24.0 Å². The number of carbonyl (C=O) groups is 1. The molecule has 0 aromatic rings. The zero-order valence-electron chi connectivity index (χ0n) is 14.2. The van der Waals surface area contributed by atoms with E-state index in [0.717, 1.165) is 19.3 Å². The van der Waals surface area contributed by atoms with Gasteiger partial charge in [-0.2, -0.15) is 0 Å². The summed E-state index contributed by atoms with van der Waals surface area (Å²) in [5.74, 6) is 2.23. The van der Waals surface area contributed by atoms with Crippen LogP contribution in [-0.2, 0) is 4.79 Å². The van der Waals surface area contributed by atoms with Crippen molar-refractivity contribution in [1.29, 1.82) is 0 Å². The first-order valence-electron chi connectivity index (χ1n) is 9.20. The van der Waals surface area contributed by atoms with Gasteiger partial charge >= 0.3 is 0 Å². The number of fused-ring (bicyclic) bond motifs is 5. The third-order valence-corrected chi connectivity index (χ3v) is 7.80. The third kappa shape index (κ3) is 1.94. The molecule has 5 atom stereocenters. The molecule has 0 saturated heterocycles. The number of rotatable bonds is 2. The van der Waals surface area contributed by atoms with Crippen LogP contribution in [0.1, 0.15) is 51.9 Å². The Morgan fingerprint density at radius 1 is 1.30 bits per heavy atom. The SMILES string of the molecule is C=CC1=CCC2C3CC=C4CC(=O)CC[C@]4(CO)C3CC[C@]12C. The molecule has 4 rings (SSSR count). The molecular weight excluding hydrogens is 284 g/mol. The Morgan fingerprint density at radius 3 is 2.87 bits per heavy atom. The highest BCUT2D eigenvalue weighted by molar-refractivity contribution is 5.82. The van der Waals surface area contributed by atoms with E-state index in [1.54, 1.807) is 0 Å². The van der Waals surface area contributed by atoms with Gasteiger partial charge < -0.3 is 5.11 Å². The van der Waals surface area contributed by atoms with Crippen LogP contribution in [0.5, 0.6) is 0 Å². The highest BCUT2D eigenvalue weighted by Gasteiger charge is 2.57. The van der Waals surface area contributed by atoms with Crippen molar-refractivity contribution in [2.45, 2.75) is 51.9 Å². The summed E-state index contributed by atoms with van der Waals surface area (Å²) in [6, 6.07) is 0. The van der Waals surface area contributed by atoms with E-state index in [1.807, 2.05) is 0 Å². The number of hydrogen-bond donors (Lipinski definition) is 1. The third-order valence-electron chi connectivity index (χ3n) is 7.80. The Labute approximate surface area is 139 Å². The van der Waals surface area contributed by atoms with Gasteiger partial charge in [0.2, 0.25) is 0 Å². The second-order valence-electron chi connectivity index (χ2n) is 8.43. The molecule has 0 aromatic carbocycles. The summed E-state index contributed by atoms with van der Waals surface area (Å²) in [5.41, 5.74) is 2.87. The second kappa shape index (κ2) is 5.17. The minimum Gasteiger partial charge on any atom is -0.395 e. The number of ketones is 1. The number of carbonyl (C=O) groups excluding carboxylic acids is 1. The summed E-state index contributed by atoms with van der Waals surface area (Å²) in [6.45, 7) is 6.67. The van der Waals surface area contributed by atoms with E-state index in [2.05, 4.69) is 31.7 Å². The predicted molar refractivity (Wildman–Crippen MR) is 91.8 cm³/mol. The number of aliphatic hydroxyl groups excluding tert-OH is 1. The fourth-order valence-corrected chi connectivity index (χ4v) is 6.49. The first-order chi connectivity index (χ1) is 11.0. The lowest BCUT2D eigenvalue weighted by atomic mass is 9.47. The first-order valence-corrected chi connectivity index (χ1v) is 9.20. The minimum atomic E-state index is -0.102. The maximum Gasteiger partial charge on any atom is 0.136 e. The van der Waals surface area contributed by atoms with Gasteiger partial charge in [0.1, 0.15) is 5.78 Å². The molecule has 2 saturated carbocycles. The average Bonchev–Trinajstić information content (AvgIpc) is 2.90. The Hall–Kier alpha value is -1.15. The van der Waals surface area contributed by atoms with Gasteiger partial charge in [-0.25, -0.2) is 0 Å². The Bertz CT molecular complexity index is 613. The molecule has 0 heterocycles. The maximum atomic E-state index is 11.9. The lowest BCUT2D eigenvalue weighted by Crippen LogP contribution is -2.52. The molecule has 124 valence electrons. The molecule has 4 aliphatic carbocycles. The van der Waals surface area contributed by atoms with Crippen LogP contribution in [0.2, 0.25) is 0 Å². The number of hydrogen-bond acceptors (Lipinski definition) is 2. The monoisotopic (exact) mass is 312 g/mol. The summed E-state index contributed by atoms with van der Waals surface area (Å²) in [4.78, 5) is 11.9. The van der Waals surface area contributed by atoms with Gasteiger partial charge in [0.05, 0.1) is 6.61 Å². The molecule has 23 heavy (non-hydrogen) atoms. The topological polar surface area (TPSA) is 37.3 Å². The van der Waals surface area contributed by atoms with E-state index < -0.39 is 0 Å². The van der Waals surface area contributed by atoms with Crippen LogP contribution in [0.25, 0.3) is 0 Å². The van der Waals surface area contributed by atoms with Gasteiger partial charge in [0, 0.05) is 18.3 Å². The van der Waals surface area contributed by atoms with E-state index in [4.69, 9.17) is 0 Å². The molecule has 2 nitrogen and oxygen atoms in total. The van der Waals surface area contributed by atoms with Crippen LogP contribution in [0, 0.1) is 28.6 Å². The number of aliphatic hydroxyl groups is 1. The van der Waals surface area contributed by atoms with Gasteiger partial charge in [-0.15, -0.1) is 0 Å². The first kappa shape index (κ1) is 15.4. The quantitative estimate of drug-likeness (QED) is 0.775. The van der Waals surface area contributed by atoms with Gasteiger partial charge in [-0.05, 0) is 60.8 Å². The largest absolute Gasteiger partial charge is 0.395 e. The molecule has 0 radical (unpaired) electrons. The van der Waals surface area contributed by atoms with Crippen molar-refractivity contribution in [3.05, 3.63) is 36.0 Å². The summed E-state index contributed by atoms with van der Waals surface area (Å²) >= 11 is 0. The average molecular weight is 312 g/mol. The van der Waals surface area contributed by atoms with Crippen LogP contribution in [-0.4, -0.2) is 17.5 Å². The number of allylic oxidation sites excluding steroid dienone is 4. The predicted octanol–water partition coefficient (Wildman–Crippen LogP) is 4.21. The van der Waals surface area contributed by atoms with Crippen molar-refractivity contribution in [2.75, 3.05) is 6.61 Å². The van der Waals surface area contributed by atoms with Crippen molar-refractivity contribution in [1.82, 2.24) is 0 Å². The molecule has 1 N–H and O–H groups in total. The second-order valence-corrected chi connectivity index (χ2v) is 8.43. The molecule has 2 fully saturated rings. The molecule has 0 aromatic heterocycles. The van der Waals surface area contributed by atoms with Crippen LogP contribution in [0.4, 0.5) is 0 Å². The lowest BCUT2D eigenvalue weighted by Gasteiger charge is -2.57. The highest BCUT2D eigenvalue weighted by Crippen LogP contribution is 2.64. The summed E-state index contributed by atoms with van der Waals surface area (Å²) < 4.78 is 0. The molecule has 0 aliphatic heterocycles. The normalized spacial score (nSPS) is 45.5. The van der Waals surface area contributed by atoms with Crippen LogP contribution >= 0.6 is 0 Å². The van der Waals surface area contributed by atoms with Crippen LogP contribution in [0.15, 0.2) is 36.0 Å². The van der Waals surface area contributed by atoms with E-state index in [9.17, 15) is 9.90 Å². The summed E-state index contributed by atoms with van der Waals surface area (Å²) in [6.07, 6.45) is 13.5. The van der Waals surface area contributed by atoms with E-state index >= 15 is 0 Å². The standard InChI is InChI=1S/C21H28O2/c1-3-14-5-7-18-17-6-4-15-12-16(23)8-11-21(15,13-22)19(17)9-10-20(14,18)2/h3-5,17-19,22H,1,6-13H2,2H3/t17?,18?,19?,20-,21-/m1/s1. The fraction of sp³-hybridized carbons (Fsp3) is 0.667. The van der Waals surface area contributed by atoms with E-state index in [-0.39, 0.29) is 17.4 Å². The summed E-state index contributed by atoms with van der Waals surface area (Å²) in [7, 11) is 0. The lowest BCUT2D eigenvalue weighted by molar-refractivity contribution is -0.123. The van der Waals surface area contributed by atoms with Crippen molar-refractivity contribution in [3.8, 4) is 0 Å². The fourth-order valence-electron chi connectivity index (χ4n) is 6.49. The molecule has 0 amide bonds. The molecule has 3 unspecified atom stereocenters. The smallest absolute Gasteiger partial charge is 0.136 e. The minimum absolute atomic E-state index is 0.102. The van der Waals surface area contributed by atoms with Gasteiger partial charge in [0.25, 0.3) is 0 Å². The molecule has 2 heteroatoms. The highest BCUT2D eigenvalue weighted by atomic mass is 16.3. The molecule has 0 spiro atoms. The maximum absolute atomic E-state index is 11.9. The Balaban J connectivity index is 1.71. The Kier molecular flexibility index (Phi) is 3.46. The van der Waals surface area contributed by atoms with E-state index in [0.29, 0.717) is 36.4 Å². The van der Waals surface area contributed by atoms with Crippen molar-refractivity contribution >= 4 is 5.78 Å². The Morgan fingerprint density at radius 2 is 2.13 bits per heavy atom. The summed E-state index contributed by atoms with van der Waals surface area (Å²) in [5, 5.41) is 10.3. The molecule has 0 bridgehead atoms. The van der Waals surface area contributed by atoms with Crippen molar-refractivity contribution in [3.63, 3.8) is 0 Å². The van der Waals surface area contributed by atoms with Gasteiger partial charge in [0.15, 0.2) is 0 Å². The van der Waals surface area contributed by atoms with Crippen LogP contribution in [0.3, 0.4) is 0 Å². The van der Waals surface area contributed by atoms with Gasteiger partial charge in [-0.1, -0.05) is 37.3 Å². The van der Waals surface area contributed by atoms with Crippen LogP contribution < -0.4 is 0 Å². The van der Waals surface area contributed by atoms with Crippen molar-refractivity contribution in [2.24, 2.45) is 28.6 Å². The molecular formula is C21H28O2. The zero-order valence-corrected chi connectivity index (χ0v) is 14.2. The molecule has 4 aliphatic rings. The van der Waals surface area contributed by atoms with Crippen molar-refractivity contribution < 1.29 is 9.90 Å².